The van der Waals surface area contributed by atoms with Crippen molar-refractivity contribution in [2.75, 3.05) is 13.1 Å². The first-order chi connectivity index (χ1) is 9.24. The van der Waals surface area contributed by atoms with Gasteiger partial charge in [-0.25, -0.2) is 4.98 Å². The van der Waals surface area contributed by atoms with E-state index in [1.165, 1.54) is 4.88 Å². The van der Waals surface area contributed by atoms with Crippen molar-refractivity contribution in [2.24, 2.45) is 5.92 Å². The molecule has 0 saturated carbocycles. The van der Waals surface area contributed by atoms with Gasteiger partial charge in [0, 0.05) is 23.5 Å². The van der Waals surface area contributed by atoms with Gasteiger partial charge in [0.25, 0.3) is 0 Å². The number of likely N-dealkylation sites (tertiary alicyclic amines) is 1. The number of hydrogen-bond acceptors (Lipinski definition) is 4. The van der Waals surface area contributed by atoms with E-state index in [0.717, 1.165) is 36.8 Å². The van der Waals surface area contributed by atoms with Crippen LogP contribution in [0.15, 0.2) is 0 Å². The van der Waals surface area contributed by atoms with Crippen molar-refractivity contribution < 1.29 is 4.79 Å². The molecule has 2 rings (SSSR count). The van der Waals surface area contributed by atoms with Crippen molar-refractivity contribution >= 4 is 17.2 Å². The van der Waals surface area contributed by atoms with Crippen molar-refractivity contribution in [2.45, 2.75) is 53.1 Å². The molecule has 0 bridgehead atoms. The highest BCUT2D eigenvalue weighted by Crippen LogP contribution is 2.24. The van der Waals surface area contributed by atoms with E-state index in [2.05, 4.69) is 22.1 Å². The number of aryl methyl sites for hydroxylation is 2. The van der Waals surface area contributed by atoms with Crippen LogP contribution in [0.2, 0.25) is 0 Å². The van der Waals surface area contributed by atoms with Crippen LogP contribution in [0.5, 0.6) is 0 Å². The van der Waals surface area contributed by atoms with Crippen LogP contribution in [-0.4, -0.2) is 34.4 Å². The van der Waals surface area contributed by atoms with Crippen molar-refractivity contribution in [3.63, 3.8) is 0 Å². The SMILES string of the molecule is Cc1nc(C)c(CN2CCC(C(=O)NC(C)(C)C)C2)s1. The Hall–Kier alpha value is -0.940. The zero-order valence-electron chi connectivity index (χ0n) is 13.1. The molecule has 1 fully saturated rings. The minimum atomic E-state index is -0.143. The maximum atomic E-state index is 12.2. The lowest BCUT2D eigenvalue weighted by Gasteiger charge is -2.23. The molecule has 0 aliphatic carbocycles. The number of aromatic nitrogens is 1. The monoisotopic (exact) mass is 295 g/mol. The molecule has 112 valence electrons. The van der Waals surface area contributed by atoms with Gasteiger partial charge >= 0.3 is 0 Å². The molecule has 1 amide bonds. The van der Waals surface area contributed by atoms with Crippen molar-refractivity contribution in [1.29, 1.82) is 0 Å². The third-order valence-corrected chi connectivity index (χ3v) is 4.57. The summed E-state index contributed by atoms with van der Waals surface area (Å²) in [6, 6.07) is 0. The van der Waals surface area contributed by atoms with Crippen LogP contribution in [0, 0.1) is 19.8 Å². The van der Waals surface area contributed by atoms with Gasteiger partial charge in [-0.3, -0.25) is 9.69 Å². The average molecular weight is 295 g/mol. The second-order valence-corrected chi connectivity index (χ2v) is 7.99. The average Bonchev–Trinajstić information content (AvgIpc) is 2.85. The van der Waals surface area contributed by atoms with Crippen LogP contribution in [0.25, 0.3) is 0 Å². The minimum absolute atomic E-state index is 0.128. The Kier molecular flexibility index (Phi) is 4.49. The fraction of sp³-hybridized carbons (Fsp3) is 0.733. The lowest BCUT2D eigenvalue weighted by Crippen LogP contribution is -2.44. The molecule has 1 aliphatic rings. The summed E-state index contributed by atoms with van der Waals surface area (Å²) in [5.74, 6) is 0.320. The lowest BCUT2D eigenvalue weighted by molar-refractivity contribution is -0.126. The van der Waals surface area contributed by atoms with Gasteiger partial charge < -0.3 is 5.32 Å². The molecule has 1 N–H and O–H groups in total. The van der Waals surface area contributed by atoms with E-state index in [1.54, 1.807) is 11.3 Å². The van der Waals surface area contributed by atoms with Crippen molar-refractivity contribution in [3.8, 4) is 0 Å². The second kappa shape index (κ2) is 5.82. The van der Waals surface area contributed by atoms with Gasteiger partial charge in [0.05, 0.1) is 16.6 Å². The predicted molar refractivity (Wildman–Crippen MR) is 82.9 cm³/mol. The molecule has 1 atom stereocenters. The number of amides is 1. The highest BCUT2D eigenvalue weighted by molar-refractivity contribution is 7.11. The molecule has 0 aromatic carbocycles. The maximum Gasteiger partial charge on any atom is 0.224 e. The van der Waals surface area contributed by atoms with Crippen LogP contribution in [0.1, 0.15) is 42.8 Å². The molecule has 1 aromatic rings. The molecular weight excluding hydrogens is 270 g/mol. The summed E-state index contributed by atoms with van der Waals surface area (Å²) in [7, 11) is 0. The highest BCUT2D eigenvalue weighted by Gasteiger charge is 2.30. The van der Waals surface area contributed by atoms with Crippen LogP contribution in [0.3, 0.4) is 0 Å². The molecule has 1 aromatic heterocycles. The number of rotatable bonds is 3. The van der Waals surface area contributed by atoms with Gasteiger partial charge in [-0.2, -0.15) is 0 Å². The predicted octanol–water partition coefficient (Wildman–Crippen LogP) is 2.50. The fourth-order valence-corrected chi connectivity index (χ4v) is 3.56. The van der Waals surface area contributed by atoms with Crippen molar-refractivity contribution in [1.82, 2.24) is 15.2 Å². The molecule has 1 aliphatic heterocycles. The zero-order chi connectivity index (χ0) is 14.9. The first-order valence-electron chi connectivity index (χ1n) is 7.22. The Balaban J connectivity index is 1.89. The standard InChI is InChI=1S/C15H25N3OS/c1-10-13(20-11(2)16-10)9-18-7-6-12(8-18)14(19)17-15(3,4)5/h12H,6-9H2,1-5H3,(H,17,19). The van der Waals surface area contributed by atoms with Crippen molar-refractivity contribution in [3.05, 3.63) is 15.6 Å². The Morgan fingerprint density at radius 1 is 1.45 bits per heavy atom. The lowest BCUT2D eigenvalue weighted by atomic mass is 10.0. The fourth-order valence-electron chi connectivity index (χ4n) is 2.59. The Bertz CT molecular complexity index is 490. The molecular formula is C15H25N3OS. The van der Waals surface area contributed by atoms with Gasteiger partial charge in [0.15, 0.2) is 0 Å². The van der Waals surface area contributed by atoms with Gasteiger partial charge in [0.2, 0.25) is 5.91 Å². The third kappa shape index (κ3) is 4.03. The Morgan fingerprint density at radius 2 is 2.15 bits per heavy atom. The van der Waals surface area contributed by atoms with E-state index in [9.17, 15) is 4.79 Å². The number of nitrogens with one attached hydrogen (secondary N) is 1. The largest absolute Gasteiger partial charge is 0.351 e. The van der Waals surface area contributed by atoms with E-state index in [-0.39, 0.29) is 17.4 Å². The molecule has 1 saturated heterocycles. The molecule has 2 heterocycles. The third-order valence-electron chi connectivity index (χ3n) is 3.51. The number of hydrogen-bond donors (Lipinski definition) is 1. The molecule has 4 nitrogen and oxygen atoms in total. The molecule has 1 unspecified atom stereocenters. The van der Waals surface area contributed by atoms with Crippen LogP contribution < -0.4 is 5.32 Å². The number of thiazole rings is 1. The number of carbonyl (C=O) groups excluding carboxylic acids is 1. The van der Waals surface area contributed by atoms with E-state index in [1.807, 2.05) is 27.7 Å². The first kappa shape index (κ1) is 15.4. The van der Waals surface area contributed by atoms with Crippen LogP contribution >= 0.6 is 11.3 Å². The first-order valence-corrected chi connectivity index (χ1v) is 8.03. The zero-order valence-corrected chi connectivity index (χ0v) is 13.9. The summed E-state index contributed by atoms with van der Waals surface area (Å²) in [6.45, 7) is 13.0. The Labute approximate surface area is 125 Å². The summed E-state index contributed by atoms with van der Waals surface area (Å²) >= 11 is 1.77. The molecule has 20 heavy (non-hydrogen) atoms. The topological polar surface area (TPSA) is 45.2 Å². The van der Waals surface area contributed by atoms with E-state index in [4.69, 9.17) is 0 Å². The second-order valence-electron chi connectivity index (χ2n) is 6.70. The minimum Gasteiger partial charge on any atom is -0.351 e. The van der Waals surface area contributed by atoms with Crippen LogP contribution in [0.4, 0.5) is 0 Å². The summed E-state index contributed by atoms with van der Waals surface area (Å²) in [5, 5.41) is 4.21. The molecule has 5 heteroatoms. The smallest absolute Gasteiger partial charge is 0.224 e. The van der Waals surface area contributed by atoms with E-state index in [0.29, 0.717) is 0 Å². The number of carbonyl (C=O) groups is 1. The normalized spacial score (nSPS) is 20.4. The van der Waals surface area contributed by atoms with Gasteiger partial charge in [-0.1, -0.05) is 0 Å². The summed E-state index contributed by atoms with van der Waals surface area (Å²) < 4.78 is 0. The summed E-state index contributed by atoms with van der Waals surface area (Å²) in [4.78, 5) is 20.4. The highest BCUT2D eigenvalue weighted by atomic mass is 32.1. The molecule has 0 radical (unpaired) electrons. The van der Waals surface area contributed by atoms with E-state index < -0.39 is 0 Å². The van der Waals surface area contributed by atoms with Gasteiger partial charge in [-0.15, -0.1) is 11.3 Å². The number of nitrogens with zero attached hydrogens (tertiary/aromatic N) is 2. The summed E-state index contributed by atoms with van der Waals surface area (Å²) in [5.41, 5.74) is 0.991. The quantitative estimate of drug-likeness (QED) is 0.932. The maximum absolute atomic E-state index is 12.2. The summed E-state index contributed by atoms with van der Waals surface area (Å²) in [6.07, 6.45) is 0.957. The van der Waals surface area contributed by atoms with Crippen LogP contribution in [-0.2, 0) is 11.3 Å². The van der Waals surface area contributed by atoms with Gasteiger partial charge in [0.1, 0.15) is 0 Å². The Morgan fingerprint density at radius 3 is 2.70 bits per heavy atom. The molecule has 0 spiro atoms. The van der Waals surface area contributed by atoms with Gasteiger partial charge in [-0.05, 0) is 47.6 Å². The van der Waals surface area contributed by atoms with E-state index >= 15 is 0 Å².